The molecule has 17 heavy (non-hydrogen) atoms. The molecule has 0 bridgehead atoms. The van der Waals surface area contributed by atoms with E-state index >= 15 is 0 Å². The Hall–Kier alpha value is -0.960. The molecule has 1 unspecified atom stereocenters. The summed E-state index contributed by atoms with van der Waals surface area (Å²) in [6, 6.07) is 3.67. The number of halogens is 2. The lowest BCUT2D eigenvalue weighted by atomic mass is 9.90. The Kier molecular flexibility index (Phi) is 5.56. The molecule has 0 heterocycles. The third-order valence-electron chi connectivity index (χ3n) is 2.81. The zero-order valence-electron chi connectivity index (χ0n) is 10.8. The molecule has 0 aliphatic carbocycles. The third kappa shape index (κ3) is 4.82. The maximum atomic E-state index is 13.5. The molecule has 1 nitrogen and oxygen atoms in total. The normalized spacial score (nSPS) is 13.1. The van der Waals surface area contributed by atoms with Crippen LogP contribution in [0.5, 0.6) is 0 Å². The van der Waals surface area contributed by atoms with Gasteiger partial charge in [-0.25, -0.2) is 8.78 Å². The van der Waals surface area contributed by atoms with Crippen LogP contribution in [0.2, 0.25) is 0 Å². The van der Waals surface area contributed by atoms with E-state index in [4.69, 9.17) is 0 Å². The molecule has 0 aliphatic heterocycles. The fraction of sp³-hybridized carbons (Fsp3) is 0.571. The second-order valence-corrected chi connectivity index (χ2v) is 4.99. The predicted molar refractivity (Wildman–Crippen MR) is 66.9 cm³/mol. The van der Waals surface area contributed by atoms with Crippen molar-refractivity contribution in [2.24, 2.45) is 11.8 Å². The summed E-state index contributed by atoms with van der Waals surface area (Å²) in [5.41, 5.74) is 0.478. The number of hydrogen-bond acceptors (Lipinski definition) is 1. The SMILES string of the molecule is CNCC(Cc1cc(F)ccc1F)CC(C)C. The monoisotopic (exact) mass is 241 g/mol. The summed E-state index contributed by atoms with van der Waals surface area (Å²) in [6.07, 6.45) is 1.60. The van der Waals surface area contributed by atoms with E-state index in [2.05, 4.69) is 19.2 Å². The van der Waals surface area contributed by atoms with Crippen molar-refractivity contribution < 1.29 is 8.78 Å². The van der Waals surface area contributed by atoms with Gasteiger partial charge in [-0.3, -0.25) is 0 Å². The summed E-state index contributed by atoms with van der Waals surface area (Å²) < 4.78 is 26.6. The topological polar surface area (TPSA) is 12.0 Å². The second-order valence-electron chi connectivity index (χ2n) is 4.99. The van der Waals surface area contributed by atoms with Crippen molar-refractivity contribution in [3.05, 3.63) is 35.4 Å². The summed E-state index contributed by atoms with van der Waals surface area (Å²) >= 11 is 0. The van der Waals surface area contributed by atoms with Gasteiger partial charge in [-0.2, -0.15) is 0 Å². The fourth-order valence-corrected chi connectivity index (χ4v) is 2.20. The predicted octanol–water partition coefficient (Wildman–Crippen LogP) is 3.39. The van der Waals surface area contributed by atoms with E-state index < -0.39 is 0 Å². The first-order chi connectivity index (χ1) is 8.02. The summed E-state index contributed by atoms with van der Waals surface area (Å²) in [7, 11) is 1.88. The molecule has 0 aromatic heterocycles. The quantitative estimate of drug-likeness (QED) is 0.805. The molecule has 1 atom stereocenters. The van der Waals surface area contributed by atoms with E-state index in [1.165, 1.54) is 12.1 Å². The lowest BCUT2D eigenvalue weighted by Crippen LogP contribution is -2.22. The van der Waals surface area contributed by atoms with E-state index in [9.17, 15) is 8.78 Å². The van der Waals surface area contributed by atoms with Crippen molar-refractivity contribution in [1.29, 1.82) is 0 Å². The van der Waals surface area contributed by atoms with Crippen LogP contribution in [0, 0.1) is 23.5 Å². The van der Waals surface area contributed by atoms with Gasteiger partial charge in [0.25, 0.3) is 0 Å². The van der Waals surface area contributed by atoms with Crippen molar-refractivity contribution >= 4 is 0 Å². The van der Waals surface area contributed by atoms with Gasteiger partial charge < -0.3 is 5.32 Å². The van der Waals surface area contributed by atoms with Crippen LogP contribution in [0.15, 0.2) is 18.2 Å². The van der Waals surface area contributed by atoms with Crippen LogP contribution < -0.4 is 5.32 Å². The first-order valence-electron chi connectivity index (χ1n) is 6.11. The van der Waals surface area contributed by atoms with Crippen LogP contribution in [-0.4, -0.2) is 13.6 Å². The van der Waals surface area contributed by atoms with Gasteiger partial charge in [0.15, 0.2) is 0 Å². The van der Waals surface area contributed by atoms with Gasteiger partial charge in [0.2, 0.25) is 0 Å². The first-order valence-corrected chi connectivity index (χ1v) is 6.11. The average Bonchev–Trinajstić information content (AvgIpc) is 2.23. The van der Waals surface area contributed by atoms with E-state index in [0.29, 0.717) is 23.8 Å². The fourth-order valence-electron chi connectivity index (χ4n) is 2.20. The Bertz CT molecular complexity index is 350. The molecule has 1 N–H and O–H groups in total. The molecule has 1 rings (SSSR count). The highest BCUT2D eigenvalue weighted by molar-refractivity contribution is 5.19. The van der Waals surface area contributed by atoms with Gasteiger partial charge in [-0.05, 0) is 62.0 Å². The maximum absolute atomic E-state index is 13.5. The van der Waals surface area contributed by atoms with Gasteiger partial charge in [-0.1, -0.05) is 13.8 Å². The van der Waals surface area contributed by atoms with Crippen molar-refractivity contribution in [3.8, 4) is 0 Å². The number of hydrogen-bond donors (Lipinski definition) is 1. The highest BCUT2D eigenvalue weighted by Gasteiger charge is 2.14. The Labute approximate surface area is 102 Å². The standard InChI is InChI=1S/C14H21F2N/c1-10(2)6-11(9-17-3)7-12-8-13(15)4-5-14(12)16/h4-5,8,10-11,17H,6-7,9H2,1-3H3. The molecule has 3 heteroatoms. The number of benzene rings is 1. The average molecular weight is 241 g/mol. The van der Waals surface area contributed by atoms with E-state index in [0.717, 1.165) is 19.0 Å². The lowest BCUT2D eigenvalue weighted by molar-refractivity contribution is 0.389. The molecule has 0 saturated carbocycles. The lowest BCUT2D eigenvalue weighted by Gasteiger charge is -2.19. The third-order valence-corrected chi connectivity index (χ3v) is 2.81. The molecule has 1 aromatic rings. The van der Waals surface area contributed by atoms with E-state index in [1.807, 2.05) is 7.05 Å². The molecular weight excluding hydrogens is 220 g/mol. The molecular formula is C14H21F2N. The van der Waals surface area contributed by atoms with Crippen LogP contribution in [0.25, 0.3) is 0 Å². The molecule has 96 valence electrons. The highest BCUT2D eigenvalue weighted by Crippen LogP contribution is 2.19. The van der Waals surface area contributed by atoms with Crippen molar-refractivity contribution in [2.45, 2.75) is 26.7 Å². The first kappa shape index (κ1) is 14.1. The Morgan fingerprint density at radius 3 is 2.53 bits per heavy atom. The van der Waals surface area contributed by atoms with E-state index in [1.54, 1.807) is 0 Å². The van der Waals surface area contributed by atoms with Gasteiger partial charge in [0.1, 0.15) is 11.6 Å². The minimum atomic E-state index is -0.367. The minimum Gasteiger partial charge on any atom is -0.319 e. The van der Waals surface area contributed by atoms with Crippen LogP contribution >= 0.6 is 0 Å². The van der Waals surface area contributed by atoms with Crippen LogP contribution in [0.3, 0.4) is 0 Å². The Balaban J connectivity index is 2.74. The smallest absolute Gasteiger partial charge is 0.126 e. The summed E-state index contributed by atoms with van der Waals surface area (Å²) in [5.74, 6) is 0.228. The summed E-state index contributed by atoms with van der Waals surface area (Å²) in [6.45, 7) is 5.11. The van der Waals surface area contributed by atoms with Gasteiger partial charge in [0, 0.05) is 0 Å². The molecule has 0 fully saturated rings. The van der Waals surface area contributed by atoms with Crippen molar-refractivity contribution in [3.63, 3.8) is 0 Å². The van der Waals surface area contributed by atoms with Crippen LogP contribution in [0.1, 0.15) is 25.8 Å². The van der Waals surface area contributed by atoms with Crippen molar-refractivity contribution in [2.75, 3.05) is 13.6 Å². The zero-order valence-corrected chi connectivity index (χ0v) is 10.8. The zero-order chi connectivity index (χ0) is 12.8. The number of nitrogens with one attached hydrogen (secondary N) is 1. The molecule has 0 radical (unpaired) electrons. The van der Waals surface area contributed by atoms with E-state index in [-0.39, 0.29) is 11.6 Å². The minimum absolute atomic E-state index is 0.309. The van der Waals surface area contributed by atoms with Gasteiger partial charge >= 0.3 is 0 Å². The van der Waals surface area contributed by atoms with Crippen molar-refractivity contribution in [1.82, 2.24) is 5.32 Å². The molecule has 0 amide bonds. The van der Waals surface area contributed by atoms with Crippen LogP contribution in [-0.2, 0) is 6.42 Å². The second kappa shape index (κ2) is 6.70. The highest BCUT2D eigenvalue weighted by atomic mass is 19.1. The van der Waals surface area contributed by atoms with Gasteiger partial charge in [-0.15, -0.1) is 0 Å². The largest absolute Gasteiger partial charge is 0.319 e. The Morgan fingerprint density at radius 1 is 1.24 bits per heavy atom. The van der Waals surface area contributed by atoms with Gasteiger partial charge in [0.05, 0.1) is 0 Å². The Morgan fingerprint density at radius 2 is 1.94 bits per heavy atom. The number of rotatable bonds is 6. The molecule has 0 aliphatic rings. The summed E-state index contributed by atoms with van der Waals surface area (Å²) in [4.78, 5) is 0. The maximum Gasteiger partial charge on any atom is 0.126 e. The molecule has 1 aromatic carbocycles. The molecule has 0 saturated heterocycles. The molecule has 0 spiro atoms. The summed E-state index contributed by atoms with van der Waals surface area (Å²) in [5, 5.41) is 3.11. The van der Waals surface area contributed by atoms with Crippen LogP contribution in [0.4, 0.5) is 8.78 Å².